The number of benzene rings is 1. The van der Waals surface area contributed by atoms with Crippen molar-refractivity contribution in [2.24, 2.45) is 0 Å². The molecule has 2 aromatic rings. The van der Waals surface area contributed by atoms with Gasteiger partial charge in [-0.2, -0.15) is 5.26 Å². The quantitative estimate of drug-likeness (QED) is 0.909. The summed E-state index contributed by atoms with van der Waals surface area (Å²) in [6.07, 6.45) is 0.964. The zero-order chi connectivity index (χ0) is 15.4. The molecule has 0 saturated heterocycles. The van der Waals surface area contributed by atoms with Crippen LogP contribution in [0.4, 0.5) is 20.3 Å². The second kappa shape index (κ2) is 5.96. The first kappa shape index (κ1) is 14.4. The van der Waals surface area contributed by atoms with Gasteiger partial charge in [-0.15, -0.1) is 0 Å². The zero-order valence-electron chi connectivity index (χ0n) is 10.9. The number of nitriles is 1. The van der Waals surface area contributed by atoms with Crippen molar-refractivity contribution in [3.8, 4) is 6.07 Å². The number of hydrogen-bond acceptors (Lipinski definition) is 4. The third-order valence-corrected chi connectivity index (χ3v) is 2.71. The number of nitrogens with one attached hydrogen (secondary N) is 2. The normalized spacial score (nSPS) is 9.81. The highest BCUT2D eigenvalue weighted by atomic mass is 19.1. The van der Waals surface area contributed by atoms with Crippen LogP contribution in [0.3, 0.4) is 0 Å². The summed E-state index contributed by atoms with van der Waals surface area (Å²) in [5.74, 6) is -1.96. The van der Waals surface area contributed by atoms with Gasteiger partial charge in [0.15, 0.2) is 0 Å². The molecular weight excluding hydrogens is 278 g/mol. The van der Waals surface area contributed by atoms with Crippen molar-refractivity contribution < 1.29 is 13.6 Å². The summed E-state index contributed by atoms with van der Waals surface area (Å²) in [7, 11) is 1.53. The average molecular weight is 288 g/mol. The molecule has 0 saturated carbocycles. The van der Waals surface area contributed by atoms with E-state index < -0.39 is 17.5 Å². The first-order valence-corrected chi connectivity index (χ1v) is 5.90. The van der Waals surface area contributed by atoms with Crippen LogP contribution in [-0.2, 0) is 0 Å². The Morgan fingerprint density at radius 1 is 1.38 bits per heavy atom. The molecular formula is C14H10F2N4O. The van der Waals surface area contributed by atoms with E-state index in [4.69, 9.17) is 5.26 Å². The fourth-order valence-electron chi connectivity index (χ4n) is 1.74. The van der Waals surface area contributed by atoms with Gasteiger partial charge in [-0.05, 0) is 18.2 Å². The van der Waals surface area contributed by atoms with Crippen molar-refractivity contribution in [1.82, 2.24) is 4.98 Å². The summed E-state index contributed by atoms with van der Waals surface area (Å²) >= 11 is 0. The predicted octanol–water partition coefficient (Wildman–Crippen LogP) is 2.53. The van der Waals surface area contributed by atoms with Crippen LogP contribution in [0.25, 0.3) is 0 Å². The van der Waals surface area contributed by atoms with Gasteiger partial charge in [0.1, 0.15) is 29.1 Å². The fraction of sp³-hybridized carbons (Fsp3) is 0.0714. The maximum absolute atomic E-state index is 13.5. The summed E-state index contributed by atoms with van der Waals surface area (Å²) in [6.45, 7) is 0. The second-order valence-electron chi connectivity index (χ2n) is 4.03. The number of nitrogens with zero attached hydrogens (tertiary/aromatic N) is 2. The third-order valence-electron chi connectivity index (χ3n) is 2.71. The van der Waals surface area contributed by atoms with Gasteiger partial charge in [0.25, 0.3) is 5.91 Å². The number of pyridine rings is 1. The predicted molar refractivity (Wildman–Crippen MR) is 72.8 cm³/mol. The van der Waals surface area contributed by atoms with Gasteiger partial charge in [-0.1, -0.05) is 6.07 Å². The van der Waals surface area contributed by atoms with E-state index in [1.54, 1.807) is 6.07 Å². The molecule has 5 nitrogen and oxygen atoms in total. The molecule has 0 bridgehead atoms. The van der Waals surface area contributed by atoms with E-state index >= 15 is 0 Å². The Kier molecular flexibility index (Phi) is 4.09. The Morgan fingerprint density at radius 3 is 2.81 bits per heavy atom. The highest BCUT2D eigenvalue weighted by Crippen LogP contribution is 2.20. The Bertz CT molecular complexity index is 740. The topological polar surface area (TPSA) is 77.8 Å². The zero-order valence-corrected chi connectivity index (χ0v) is 10.9. The summed E-state index contributed by atoms with van der Waals surface area (Å²) < 4.78 is 26.7. The molecule has 0 radical (unpaired) electrons. The van der Waals surface area contributed by atoms with Crippen LogP contribution < -0.4 is 10.6 Å². The molecule has 0 aliphatic rings. The van der Waals surface area contributed by atoms with E-state index in [2.05, 4.69) is 15.6 Å². The molecule has 1 amide bonds. The second-order valence-corrected chi connectivity index (χ2v) is 4.03. The molecule has 0 unspecified atom stereocenters. The van der Waals surface area contributed by atoms with E-state index in [9.17, 15) is 13.6 Å². The first-order valence-electron chi connectivity index (χ1n) is 5.90. The van der Waals surface area contributed by atoms with Crippen LogP contribution in [-0.4, -0.2) is 17.9 Å². The Balaban J connectivity index is 2.38. The number of aromatic nitrogens is 1. The third kappa shape index (κ3) is 2.95. The molecule has 1 aromatic heterocycles. The molecule has 1 heterocycles. The summed E-state index contributed by atoms with van der Waals surface area (Å²) in [4.78, 5) is 15.9. The van der Waals surface area contributed by atoms with Crippen LogP contribution in [0.1, 0.15) is 15.9 Å². The molecule has 0 aliphatic carbocycles. The number of halogens is 2. The van der Waals surface area contributed by atoms with E-state index in [1.807, 2.05) is 0 Å². The lowest BCUT2D eigenvalue weighted by Crippen LogP contribution is -2.16. The lowest BCUT2D eigenvalue weighted by atomic mass is 10.1. The Morgan fingerprint density at radius 2 is 2.14 bits per heavy atom. The lowest BCUT2D eigenvalue weighted by molar-refractivity contribution is 0.102. The van der Waals surface area contributed by atoms with Crippen LogP contribution in [0.15, 0.2) is 30.5 Å². The van der Waals surface area contributed by atoms with Gasteiger partial charge in [0, 0.05) is 7.05 Å². The Labute approximate surface area is 119 Å². The highest BCUT2D eigenvalue weighted by Gasteiger charge is 2.16. The van der Waals surface area contributed by atoms with E-state index in [0.29, 0.717) is 0 Å². The van der Waals surface area contributed by atoms with Crippen molar-refractivity contribution in [2.75, 3.05) is 17.7 Å². The van der Waals surface area contributed by atoms with Crippen molar-refractivity contribution in [3.05, 3.63) is 53.2 Å². The van der Waals surface area contributed by atoms with E-state index in [0.717, 1.165) is 18.3 Å². The largest absolute Gasteiger partial charge is 0.372 e. The van der Waals surface area contributed by atoms with Gasteiger partial charge in [0.2, 0.25) is 0 Å². The molecule has 0 fully saturated rings. The molecule has 0 atom stereocenters. The first-order chi connectivity index (χ1) is 10.1. The van der Waals surface area contributed by atoms with Gasteiger partial charge in [-0.25, -0.2) is 13.8 Å². The number of rotatable bonds is 3. The van der Waals surface area contributed by atoms with Crippen LogP contribution >= 0.6 is 0 Å². The summed E-state index contributed by atoms with van der Waals surface area (Å²) in [6, 6.07) is 6.51. The molecule has 0 aliphatic heterocycles. The SMILES string of the molecule is CNc1ncc(F)cc1C(=O)Nc1cccc(F)c1C#N. The number of carbonyl (C=O) groups is 1. The highest BCUT2D eigenvalue weighted by molar-refractivity contribution is 6.08. The van der Waals surface area contributed by atoms with Crippen LogP contribution in [0.2, 0.25) is 0 Å². The van der Waals surface area contributed by atoms with Gasteiger partial charge >= 0.3 is 0 Å². The maximum Gasteiger partial charge on any atom is 0.259 e. The van der Waals surface area contributed by atoms with Gasteiger partial charge in [0.05, 0.1) is 17.4 Å². The van der Waals surface area contributed by atoms with Gasteiger partial charge in [-0.3, -0.25) is 4.79 Å². The number of hydrogen-bond donors (Lipinski definition) is 2. The molecule has 21 heavy (non-hydrogen) atoms. The fourth-order valence-corrected chi connectivity index (χ4v) is 1.74. The number of anilines is 2. The molecule has 2 rings (SSSR count). The minimum atomic E-state index is -0.749. The molecule has 2 N–H and O–H groups in total. The van der Waals surface area contributed by atoms with Crippen molar-refractivity contribution >= 4 is 17.4 Å². The summed E-state index contributed by atoms with van der Waals surface area (Å²) in [5.41, 5.74) is -0.333. The van der Waals surface area contributed by atoms with Gasteiger partial charge < -0.3 is 10.6 Å². The van der Waals surface area contributed by atoms with Crippen molar-refractivity contribution in [3.63, 3.8) is 0 Å². The van der Waals surface area contributed by atoms with E-state index in [-0.39, 0.29) is 22.6 Å². The number of carbonyl (C=O) groups excluding carboxylic acids is 1. The summed E-state index contributed by atoms with van der Waals surface area (Å²) in [5, 5.41) is 13.9. The van der Waals surface area contributed by atoms with Crippen LogP contribution in [0.5, 0.6) is 0 Å². The minimum absolute atomic E-state index is 0.00816. The standard InChI is InChI=1S/C14H10F2N4O/c1-18-13-9(5-8(15)7-19-13)14(21)20-12-4-2-3-11(16)10(12)6-17/h2-5,7H,1H3,(H,18,19)(H,20,21). The molecule has 0 spiro atoms. The number of amides is 1. The molecule has 1 aromatic carbocycles. The minimum Gasteiger partial charge on any atom is -0.372 e. The molecule has 7 heteroatoms. The van der Waals surface area contributed by atoms with Crippen molar-refractivity contribution in [2.45, 2.75) is 0 Å². The van der Waals surface area contributed by atoms with Crippen LogP contribution in [0, 0.1) is 23.0 Å². The van der Waals surface area contributed by atoms with Crippen molar-refractivity contribution in [1.29, 1.82) is 5.26 Å². The Hall–Kier alpha value is -3.01. The maximum atomic E-state index is 13.5. The molecule has 106 valence electrons. The smallest absolute Gasteiger partial charge is 0.259 e. The van der Waals surface area contributed by atoms with E-state index in [1.165, 1.54) is 19.2 Å². The average Bonchev–Trinajstić information content (AvgIpc) is 2.47. The monoisotopic (exact) mass is 288 g/mol. The lowest BCUT2D eigenvalue weighted by Gasteiger charge is -2.10.